The van der Waals surface area contributed by atoms with Crippen molar-refractivity contribution in [3.63, 3.8) is 0 Å². The monoisotopic (exact) mass is 395 g/mol. The van der Waals surface area contributed by atoms with Gasteiger partial charge in [-0.05, 0) is 50.9 Å². The number of likely N-dealkylation sites (N-methyl/N-ethyl adjacent to an activating group) is 1. The van der Waals surface area contributed by atoms with E-state index >= 15 is 0 Å². The number of ketones is 1. The Morgan fingerprint density at radius 2 is 1.48 bits per heavy atom. The Kier molecular flexibility index (Phi) is 8.09. The van der Waals surface area contributed by atoms with Gasteiger partial charge in [0.05, 0.1) is 19.1 Å². The fourth-order valence-corrected chi connectivity index (χ4v) is 3.12. The summed E-state index contributed by atoms with van der Waals surface area (Å²) >= 11 is 0. The van der Waals surface area contributed by atoms with Crippen molar-refractivity contribution in [2.45, 2.75) is 33.2 Å². The highest BCUT2D eigenvalue weighted by Gasteiger charge is 2.19. The van der Waals surface area contributed by atoms with Gasteiger partial charge >= 0.3 is 0 Å². The zero-order valence-electron chi connectivity index (χ0n) is 17.5. The molecule has 2 rings (SSSR count). The van der Waals surface area contributed by atoms with Crippen LogP contribution in [0.15, 0.2) is 48.5 Å². The Hall–Kier alpha value is -2.99. The zero-order valence-corrected chi connectivity index (χ0v) is 17.5. The van der Waals surface area contributed by atoms with E-state index in [1.165, 1.54) is 6.92 Å². The fraction of sp³-hybridized carbons (Fsp3) is 0.348. The third-order valence-electron chi connectivity index (χ3n) is 4.68. The lowest BCUT2D eigenvalue weighted by Crippen LogP contribution is -2.46. The topological polar surface area (TPSA) is 78.5 Å². The van der Waals surface area contributed by atoms with Crippen LogP contribution in [0.1, 0.15) is 23.6 Å². The van der Waals surface area contributed by atoms with Crippen LogP contribution in [-0.4, -0.2) is 48.7 Å². The molecule has 0 bridgehead atoms. The van der Waals surface area contributed by atoms with Crippen molar-refractivity contribution in [3.05, 3.63) is 65.2 Å². The summed E-state index contributed by atoms with van der Waals surface area (Å²) in [5.74, 6) is -0.578. The van der Waals surface area contributed by atoms with Gasteiger partial charge in [-0.25, -0.2) is 0 Å². The first-order valence-electron chi connectivity index (χ1n) is 9.64. The summed E-state index contributed by atoms with van der Waals surface area (Å²) in [7, 11) is 1.70. The molecule has 0 fully saturated rings. The quantitative estimate of drug-likeness (QED) is 0.684. The first-order chi connectivity index (χ1) is 13.8. The van der Waals surface area contributed by atoms with Gasteiger partial charge in [-0.15, -0.1) is 0 Å². The summed E-state index contributed by atoms with van der Waals surface area (Å²) in [6.07, 6.45) is 0.443. The minimum atomic E-state index is -0.582. The molecule has 0 aliphatic carbocycles. The van der Waals surface area contributed by atoms with Gasteiger partial charge in [0, 0.05) is 5.69 Å². The number of carbonyl (C=O) groups excluding carboxylic acids is 3. The molecule has 2 amide bonds. The standard InChI is InChI=1S/C23H29N3O3/c1-16-9-8-10-17(2)23(16)25-22(29)15-26(4)14-21(28)24-20(18(3)27)13-19-11-6-5-7-12-19/h5-12,20H,13-15H2,1-4H3,(H,24,28)(H,25,29)/t20-/m1/s1. The molecule has 0 radical (unpaired) electrons. The smallest absolute Gasteiger partial charge is 0.238 e. The summed E-state index contributed by atoms with van der Waals surface area (Å²) in [5.41, 5.74) is 3.76. The lowest BCUT2D eigenvalue weighted by Gasteiger charge is -2.20. The number of carbonyl (C=O) groups is 3. The molecular formula is C23H29N3O3. The Morgan fingerprint density at radius 3 is 2.07 bits per heavy atom. The number of nitrogens with zero attached hydrogens (tertiary/aromatic N) is 1. The molecule has 2 aromatic rings. The molecule has 1 atom stereocenters. The number of aryl methyl sites for hydroxylation is 2. The SMILES string of the molecule is CC(=O)[C@@H](Cc1ccccc1)NC(=O)CN(C)CC(=O)Nc1c(C)cccc1C. The molecular weight excluding hydrogens is 366 g/mol. The number of anilines is 1. The van der Waals surface area contributed by atoms with Gasteiger partial charge in [-0.3, -0.25) is 19.3 Å². The molecule has 0 aliphatic heterocycles. The van der Waals surface area contributed by atoms with Crippen molar-refractivity contribution in [1.82, 2.24) is 10.2 Å². The second-order valence-electron chi connectivity index (χ2n) is 7.41. The number of amides is 2. The minimum Gasteiger partial charge on any atom is -0.345 e. The van der Waals surface area contributed by atoms with Crippen LogP contribution in [0.5, 0.6) is 0 Å². The number of hydrogen-bond acceptors (Lipinski definition) is 4. The van der Waals surface area contributed by atoms with E-state index in [2.05, 4.69) is 10.6 Å². The van der Waals surface area contributed by atoms with Gasteiger partial charge in [-0.1, -0.05) is 48.5 Å². The molecule has 0 spiro atoms. The molecule has 6 nitrogen and oxygen atoms in total. The summed E-state index contributed by atoms with van der Waals surface area (Å²) in [5, 5.41) is 5.68. The fourth-order valence-electron chi connectivity index (χ4n) is 3.12. The third-order valence-corrected chi connectivity index (χ3v) is 4.68. The predicted octanol–water partition coefficient (Wildman–Crippen LogP) is 2.49. The third kappa shape index (κ3) is 7.16. The maximum atomic E-state index is 12.4. The molecule has 0 unspecified atom stereocenters. The van der Waals surface area contributed by atoms with E-state index in [-0.39, 0.29) is 30.7 Å². The van der Waals surface area contributed by atoms with E-state index in [4.69, 9.17) is 0 Å². The molecule has 0 saturated carbocycles. The van der Waals surface area contributed by atoms with Crippen LogP contribution in [-0.2, 0) is 20.8 Å². The summed E-state index contributed by atoms with van der Waals surface area (Å²) in [4.78, 5) is 38.3. The Balaban J connectivity index is 1.87. The number of benzene rings is 2. The van der Waals surface area contributed by atoms with Crippen LogP contribution in [0.4, 0.5) is 5.69 Å². The molecule has 6 heteroatoms. The summed E-state index contributed by atoms with van der Waals surface area (Å²) < 4.78 is 0. The van der Waals surface area contributed by atoms with Crippen LogP contribution >= 0.6 is 0 Å². The Bertz CT molecular complexity index is 845. The number of para-hydroxylation sites is 1. The Morgan fingerprint density at radius 1 is 0.897 bits per heavy atom. The summed E-state index contributed by atoms with van der Waals surface area (Å²) in [6, 6.07) is 14.8. The second kappa shape index (κ2) is 10.5. The van der Waals surface area contributed by atoms with Crippen LogP contribution in [0, 0.1) is 13.8 Å². The molecule has 0 aromatic heterocycles. The minimum absolute atomic E-state index is 0.0265. The number of rotatable bonds is 9. The van der Waals surface area contributed by atoms with Crippen molar-refractivity contribution in [1.29, 1.82) is 0 Å². The maximum Gasteiger partial charge on any atom is 0.238 e. The second-order valence-corrected chi connectivity index (χ2v) is 7.41. The average Bonchev–Trinajstić information content (AvgIpc) is 2.65. The van der Waals surface area contributed by atoms with E-state index < -0.39 is 6.04 Å². The van der Waals surface area contributed by atoms with E-state index in [0.29, 0.717) is 6.42 Å². The van der Waals surface area contributed by atoms with Gasteiger partial charge in [0.2, 0.25) is 11.8 Å². The maximum absolute atomic E-state index is 12.4. The highest BCUT2D eigenvalue weighted by molar-refractivity contribution is 5.94. The number of Topliss-reactive ketones (excluding diaryl/α,β-unsaturated/α-hetero) is 1. The zero-order chi connectivity index (χ0) is 21.4. The van der Waals surface area contributed by atoms with Gasteiger partial charge in [0.1, 0.15) is 0 Å². The number of hydrogen-bond donors (Lipinski definition) is 2. The normalized spacial score (nSPS) is 11.8. The lowest BCUT2D eigenvalue weighted by molar-refractivity contribution is -0.128. The largest absolute Gasteiger partial charge is 0.345 e. The van der Waals surface area contributed by atoms with E-state index in [0.717, 1.165) is 22.4 Å². The van der Waals surface area contributed by atoms with Crippen LogP contribution in [0.2, 0.25) is 0 Å². The molecule has 2 aromatic carbocycles. The predicted molar refractivity (Wildman–Crippen MR) is 115 cm³/mol. The molecule has 0 saturated heterocycles. The highest BCUT2D eigenvalue weighted by atomic mass is 16.2. The average molecular weight is 396 g/mol. The van der Waals surface area contributed by atoms with E-state index in [9.17, 15) is 14.4 Å². The van der Waals surface area contributed by atoms with Crippen LogP contribution in [0.3, 0.4) is 0 Å². The van der Waals surface area contributed by atoms with Crippen LogP contribution < -0.4 is 10.6 Å². The van der Waals surface area contributed by atoms with Crippen LogP contribution in [0.25, 0.3) is 0 Å². The first kappa shape index (κ1) is 22.3. The van der Waals surface area contributed by atoms with Crippen molar-refractivity contribution < 1.29 is 14.4 Å². The van der Waals surface area contributed by atoms with E-state index in [1.54, 1.807) is 11.9 Å². The molecule has 0 heterocycles. The van der Waals surface area contributed by atoms with Crippen molar-refractivity contribution in [2.24, 2.45) is 0 Å². The molecule has 29 heavy (non-hydrogen) atoms. The van der Waals surface area contributed by atoms with Crippen molar-refractivity contribution in [3.8, 4) is 0 Å². The van der Waals surface area contributed by atoms with Crippen molar-refractivity contribution >= 4 is 23.3 Å². The van der Waals surface area contributed by atoms with Gasteiger partial charge in [0.15, 0.2) is 5.78 Å². The highest BCUT2D eigenvalue weighted by Crippen LogP contribution is 2.19. The van der Waals surface area contributed by atoms with Crippen molar-refractivity contribution in [2.75, 3.05) is 25.5 Å². The first-order valence-corrected chi connectivity index (χ1v) is 9.64. The number of nitrogens with one attached hydrogen (secondary N) is 2. The van der Waals surface area contributed by atoms with Gasteiger partial charge in [-0.2, -0.15) is 0 Å². The molecule has 2 N–H and O–H groups in total. The van der Waals surface area contributed by atoms with Gasteiger partial charge < -0.3 is 10.6 Å². The summed E-state index contributed by atoms with van der Waals surface area (Å²) in [6.45, 7) is 5.45. The molecule has 0 aliphatic rings. The molecule has 154 valence electrons. The van der Waals surface area contributed by atoms with Gasteiger partial charge in [0.25, 0.3) is 0 Å². The lowest BCUT2D eigenvalue weighted by atomic mass is 10.0. The van der Waals surface area contributed by atoms with E-state index in [1.807, 2.05) is 62.4 Å². The Labute approximate surface area is 172 Å².